The fourth-order valence-corrected chi connectivity index (χ4v) is 3.63. The topological polar surface area (TPSA) is 26.0 Å². The van der Waals surface area contributed by atoms with Gasteiger partial charge in [-0.05, 0) is 58.4 Å². The molecule has 1 heterocycles. The molecule has 25 heavy (non-hydrogen) atoms. The van der Waals surface area contributed by atoms with Gasteiger partial charge in [0, 0.05) is 0 Å². The second kappa shape index (κ2) is 5.75. The molecule has 1 aliphatic carbocycles. The SMILES string of the molecule is C1=Cc2cccc(-c3ccc(-c4ccc5ncoc5c4)cc3)c2CC1. The molecule has 0 saturated heterocycles. The first-order valence-corrected chi connectivity index (χ1v) is 8.61. The van der Waals surface area contributed by atoms with Gasteiger partial charge in [0.15, 0.2) is 12.0 Å². The Morgan fingerprint density at radius 3 is 2.60 bits per heavy atom. The van der Waals surface area contributed by atoms with E-state index in [2.05, 4.69) is 65.7 Å². The number of rotatable bonds is 2. The lowest BCUT2D eigenvalue weighted by Crippen LogP contribution is -1.97. The zero-order valence-electron chi connectivity index (χ0n) is 13.8. The third-order valence-electron chi connectivity index (χ3n) is 4.93. The molecule has 0 atom stereocenters. The van der Waals surface area contributed by atoms with Crippen LogP contribution in [-0.2, 0) is 6.42 Å². The number of fused-ring (bicyclic) bond motifs is 2. The molecule has 5 rings (SSSR count). The Morgan fingerprint density at radius 2 is 1.68 bits per heavy atom. The molecule has 0 fully saturated rings. The minimum atomic E-state index is 0.825. The predicted molar refractivity (Wildman–Crippen MR) is 102 cm³/mol. The summed E-state index contributed by atoms with van der Waals surface area (Å²) in [6.07, 6.45) is 8.23. The summed E-state index contributed by atoms with van der Waals surface area (Å²) in [7, 11) is 0. The molecule has 2 heteroatoms. The number of allylic oxidation sites excluding steroid dienone is 1. The van der Waals surface area contributed by atoms with Crippen LogP contribution >= 0.6 is 0 Å². The molecule has 0 saturated carbocycles. The standard InChI is InChI=1S/C23H17NO/c1-2-6-20-17(4-1)5-3-7-21(20)18-10-8-16(9-11-18)19-12-13-22-23(14-19)25-15-24-22/h1,3-5,7-15H,2,6H2. The van der Waals surface area contributed by atoms with Crippen molar-refractivity contribution in [3.8, 4) is 22.3 Å². The maximum Gasteiger partial charge on any atom is 0.181 e. The quantitative estimate of drug-likeness (QED) is 0.444. The Bertz CT molecular complexity index is 1090. The zero-order valence-corrected chi connectivity index (χ0v) is 13.8. The van der Waals surface area contributed by atoms with Crippen LogP contribution in [-0.4, -0.2) is 4.98 Å². The number of nitrogens with zero attached hydrogens (tertiary/aromatic N) is 1. The van der Waals surface area contributed by atoms with Gasteiger partial charge in [0.25, 0.3) is 0 Å². The molecule has 0 bridgehead atoms. The third-order valence-corrected chi connectivity index (χ3v) is 4.93. The zero-order chi connectivity index (χ0) is 16.6. The smallest absolute Gasteiger partial charge is 0.181 e. The Morgan fingerprint density at radius 1 is 0.840 bits per heavy atom. The van der Waals surface area contributed by atoms with Crippen molar-refractivity contribution >= 4 is 17.2 Å². The molecule has 2 nitrogen and oxygen atoms in total. The van der Waals surface area contributed by atoms with Crippen LogP contribution in [0.25, 0.3) is 39.4 Å². The number of hydrogen-bond donors (Lipinski definition) is 0. The largest absolute Gasteiger partial charge is 0.443 e. The summed E-state index contributed by atoms with van der Waals surface area (Å²) in [5.41, 5.74) is 9.48. The summed E-state index contributed by atoms with van der Waals surface area (Å²) in [5.74, 6) is 0. The van der Waals surface area contributed by atoms with Gasteiger partial charge >= 0.3 is 0 Å². The van der Waals surface area contributed by atoms with Gasteiger partial charge in [0.2, 0.25) is 0 Å². The Balaban J connectivity index is 1.54. The second-order valence-corrected chi connectivity index (χ2v) is 6.43. The van der Waals surface area contributed by atoms with E-state index in [1.54, 1.807) is 0 Å². The van der Waals surface area contributed by atoms with Crippen LogP contribution in [0.3, 0.4) is 0 Å². The third kappa shape index (κ3) is 2.47. The average molecular weight is 323 g/mol. The van der Waals surface area contributed by atoms with E-state index < -0.39 is 0 Å². The number of aromatic nitrogens is 1. The molecule has 0 amide bonds. The fraction of sp³-hybridized carbons (Fsp3) is 0.0870. The highest BCUT2D eigenvalue weighted by molar-refractivity contribution is 5.81. The Hall–Kier alpha value is -3.13. The summed E-state index contributed by atoms with van der Waals surface area (Å²) in [6, 6.07) is 21.5. The van der Waals surface area contributed by atoms with Crippen molar-refractivity contribution in [2.24, 2.45) is 0 Å². The number of hydrogen-bond acceptors (Lipinski definition) is 2. The van der Waals surface area contributed by atoms with Crippen molar-refractivity contribution in [3.63, 3.8) is 0 Å². The van der Waals surface area contributed by atoms with E-state index in [4.69, 9.17) is 4.42 Å². The lowest BCUT2D eigenvalue weighted by atomic mass is 9.89. The average Bonchev–Trinajstić information content (AvgIpc) is 3.15. The lowest BCUT2D eigenvalue weighted by Gasteiger charge is -2.16. The molecule has 1 aliphatic rings. The van der Waals surface area contributed by atoms with Crippen LogP contribution in [0, 0.1) is 0 Å². The van der Waals surface area contributed by atoms with Crippen LogP contribution in [0.5, 0.6) is 0 Å². The van der Waals surface area contributed by atoms with Gasteiger partial charge in [0.05, 0.1) is 0 Å². The van der Waals surface area contributed by atoms with E-state index in [1.165, 1.54) is 34.2 Å². The first kappa shape index (κ1) is 14.2. The first-order valence-electron chi connectivity index (χ1n) is 8.61. The highest BCUT2D eigenvalue weighted by Crippen LogP contribution is 2.32. The van der Waals surface area contributed by atoms with E-state index in [9.17, 15) is 0 Å². The van der Waals surface area contributed by atoms with Crippen LogP contribution in [0.2, 0.25) is 0 Å². The van der Waals surface area contributed by atoms with Crippen molar-refractivity contribution in [1.29, 1.82) is 0 Å². The van der Waals surface area contributed by atoms with E-state index in [0.29, 0.717) is 0 Å². The van der Waals surface area contributed by atoms with Gasteiger partial charge in [0.1, 0.15) is 5.52 Å². The van der Waals surface area contributed by atoms with Crippen molar-refractivity contribution < 1.29 is 4.42 Å². The monoisotopic (exact) mass is 323 g/mol. The van der Waals surface area contributed by atoms with E-state index in [1.807, 2.05) is 12.1 Å². The molecular formula is C23H17NO. The maximum absolute atomic E-state index is 5.42. The Kier molecular flexibility index (Phi) is 3.27. The van der Waals surface area contributed by atoms with Crippen LogP contribution < -0.4 is 0 Å². The van der Waals surface area contributed by atoms with Crippen molar-refractivity contribution in [1.82, 2.24) is 4.98 Å². The van der Waals surface area contributed by atoms with Gasteiger partial charge in [-0.1, -0.05) is 60.7 Å². The molecule has 4 aromatic rings. The van der Waals surface area contributed by atoms with Gasteiger partial charge in [-0.25, -0.2) is 4.98 Å². The van der Waals surface area contributed by atoms with Crippen molar-refractivity contribution in [3.05, 3.63) is 84.3 Å². The molecular weight excluding hydrogens is 306 g/mol. The first-order chi connectivity index (χ1) is 12.4. The molecule has 0 radical (unpaired) electrons. The summed E-state index contributed by atoms with van der Waals surface area (Å²) >= 11 is 0. The number of benzene rings is 3. The van der Waals surface area contributed by atoms with Crippen LogP contribution in [0.15, 0.2) is 77.6 Å². The summed E-state index contributed by atoms with van der Waals surface area (Å²) in [4.78, 5) is 4.18. The summed E-state index contributed by atoms with van der Waals surface area (Å²) in [6.45, 7) is 0. The summed E-state index contributed by atoms with van der Waals surface area (Å²) < 4.78 is 5.42. The minimum absolute atomic E-state index is 0.825. The molecule has 3 aromatic carbocycles. The predicted octanol–water partition coefficient (Wildman–Crippen LogP) is 6.12. The van der Waals surface area contributed by atoms with E-state index in [0.717, 1.165) is 29.5 Å². The lowest BCUT2D eigenvalue weighted by molar-refractivity contribution is 0.602. The van der Waals surface area contributed by atoms with E-state index >= 15 is 0 Å². The van der Waals surface area contributed by atoms with Crippen LogP contribution in [0.1, 0.15) is 17.5 Å². The molecule has 1 aromatic heterocycles. The Labute approximate surface area is 146 Å². The number of oxazole rings is 1. The molecule has 0 spiro atoms. The van der Waals surface area contributed by atoms with Crippen molar-refractivity contribution in [2.45, 2.75) is 12.8 Å². The van der Waals surface area contributed by atoms with Gasteiger partial charge in [-0.3, -0.25) is 0 Å². The second-order valence-electron chi connectivity index (χ2n) is 6.43. The molecule has 0 aliphatic heterocycles. The maximum atomic E-state index is 5.42. The molecule has 120 valence electrons. The van der Waals surface area contributed by atoms with E-state index in [-0.39, 0.29) is 0 Å². The summed E-state index contributed by atoms with van der Waals surface area (Å²) in [5, 5.41) is 0. The van der Waals surface area contributed by atoms with Gasteiger partial charge in [-0.15, -0.1) is 0 Å². The minimum Gasteiger partial charge on any atom is -0.443 e. The highest BCUT2D eigenvalue weighted by Gasteiger charge is 2.11. The fourth-order valence-electron chi connectivity index (χ4n) is 3.63. The van der Waals surface area contributed by atoms with Gasteiger partial charge < -0.3 is 4.42 Å². The molecule has 0 N–H and O–H groups in total. The van der Waals surface area contributed by atoms with Gasteiger partial charge in [-0.2, -0.15) is 0 Å². The van der Waals surface area contributed by atoms with Crippen molar-refractivity contribution in [2.75, 3.05) is 0 Å². The van der Waals surface area contributed by atoms with Crippen LogP contribution in [0.4, 0.5) is 0 Å². The molecule has 0 unspecified atom stereocenters. The highest BCUT2D eigenvalue weighted by atomic mass is 16.3. The normalized spacial score (nSPS) is 13.1.